The maximum atomic E-state index is 12.1. The molecule has 2 unspecified atom stereocenters. The Bertz CT molecular complexity index is 408. The van der Waals surface area contributed by atoms with E-state index in [0.717, 1.165) is 24.8 Å². The number of hydrogen-bond acceptors (Lipinski definition) is 4. The third-order valence-electron chi connectivity index (χ3n) is 3.61. The molecule has 0 spiro atoms. The van der Waals surface area contributed by atoms with Gasteiger partial charge >= 0.3 is 5.97 Å². The van der Waals surface area contributed by atoms with Crippen molar-refractivity contribution in [2.75, 3.05) is 0 Å². The van der Waals surface area contributed by atoms with Gasteiger partial charge < -0.3 is 16.2 Å². The average Bonchev–Trinajstić information content (AvgIpc) is 2.40. The number of carbonyl (C=O) groups excluding carboxylic acids is 1. The molecule has 1 aliphatic rings. The molecule has 4 nitrogen and oxygen atoms in total. The summed E-state index contributed by atoms with van der Waals surface area (Å²) in [5, 5.41) is 0. The van der Waals surface area contributed by atoms with Crippen LogP contribution in [0.15, 0.2) is 30.3 Å². The summed E-state index contributed by atoms with van der Waals surface area (Å²) in [6, 6.07) is 9.28. The molecule has 0 aromatic heterocycles. The predicted octanol–water partition coefficient (Wildman–Crippen LogP) is 1.33. The number of hydrogen-bond donors (Lipinski definition) is 2. The summed E-state index contributed by atoms with van der Waals surface area (Å²) < 4.78 is 5.30. The van der Waals surface area contributed by atoms with Gasteiger partial charge in [-0.3, -0.25) is 0 Å². The lowest BCUT2D eigenvalue weighted by atomic mass is 9.78. The first-order valence-corrected chi connectivity index (χ1v) is 6.38. The van der Waals surface area contributed by atoms with Crippen molar-refractivity contribution in [1.29, 1.82) is 0 Å². The van der Waals surface area contributed by atoms with E-state index in [9.17, 15) is 4.79 Å². The van der Waals surface area contributed by atoms with Crippen molar-refractivity contribution in [2.45, 2.75) is 43.9 Å². The van der Waals surface area contributed by atoms with Crippen LogP contribution >= 0.6 is 0 Å². The summed E-state index contributed by atoms with van der Waals surface area (Å²) in [6.45, 7) is 0.255. The van der Waals surface area contributed by atoms with E-state index < -0.39 is 5.54 Å². The number of esters is 1. The van der Waals surface area contributed by atoms with Crippen LogP contribution < -0.4 is 11.5 Å². The number of nitrogens with two attached hydrogens (primary N) is 2. The average molecular weight is 248 g/mol. The lowest BCUT2D eigenvalue weighted by Crippen LogP contribution is -2.62. The van der Waals surface area contributed by atoms with Crippen LogP contribution in [0.4, 0.5) is 0 Å². The molecule has 1 fully saturated rings. The van der Waals surface area contributed by atoms with Gasteiger partial charge in [0.15, 0.2) is 0 Å². The highest BCUT2D eigenvalue weighted by Gasteiger charge is 2.43. The molecule has 18 heavy (non-hydrogen) atoms. The minimum Gasteiger partial charge on any atom is -0.459 e. The summed E-state index contributed by atoms with van der Waals surface area (Å²) in [7, 11) is 0. The second-order valence-electron chi connectivity index (χ2n) is 4.95. The molecule has 0 amide bonds. The van der Waals surface area contributed by atoms with Gasteiger partial charge in [0.2, 0.25) is 0 Å². The van der Waals surface area contributed by atoms with Crippen molar-refractivity contribution in [3.63, 3.8) is 0 Å². The molecule has 4 N–H and O–H groups in total. The number of carbonyl (C=O) groups is 1. The highest BCUT2D eigenvalue weighted by molar-refractivity contribution is 5.81. The molecule has 0 radical (unpaired) electrons. The zero-order valence-corrected chi connectivity index (χ0v) is 10.5. The smallest absolute Gasteiger partial charge is 0.328 e. The van der Waals surface area contributed by atoms with E-state index >= 15 is 0 Å². The molecule has 1 aliphatic carbocycles. The fraction of sp³-hybridized carbons (Fsp3) is 0.500. The van der Waals surface area contributed by atoms with Gasteiger partial charge in [-0.25, -0.2) is 4.79 Å². The molecule has 1 aromatic rings. The van der Waals surface area contributed by atoms with Crippen LogP contribution in [0, 0.1) is 0 Å². The standard InChI is InChI=1S/C14H20N2O2/c15-12-8-4-5-9-14(12,16)13(17)18-10-11-6-2-1-3-7-11/h1-3,6-7,12H,4-5,8-10,15-16H2. The maximum absolute atomic E-state index is 12.1. The van der Waals surface area contributed by atoms with E-state index in [1.807, 2.05) is 30.3 Å². The van der Waals surface area contributed by atoms with Crippen LogP contribution in [0.25, 0.3) is 0 Å². The number of ether oxygens (including phenoxy) is 1. The Morgan fingerprint density at radius 3 is 2.72 bits per heavy atom. The van der Waals surface area contributed by atoms with Crippen LogP contribution in [0.2, 0.25) is 0 Å². The monoisotopic (exact) mass is 248 g/mol. The molecule has 4 heteroatoms. The fourth-order valence-electron chi connectivity index (χ4n) is 2.34. The van der Waals surface area contributed by atoms with Crippen molar-refractivity contribution in [3.05, 3.63) is 35.9 Å². The molecule has 0 saturated heterocycles. The summed E-state index contributed by atoms with van der Waals surface area (Å²) in [6.07, 6.45) is 3.37. The molecule has 0 aliphatic heterocycles. The first kappa shape index (κ1) is 13.1. The molecule has 0 heterocycles. The van der Waals surface area contributed by atoms with Gasteiger partial charge in [-0.2, -0.15) is 0 Å². The van der Waals surface area contributed by atoms with E-state index in [-0.39, 0.29) is 18.6 Å². The number of benzene rings is 1. The van der Waals surface area contributed by atoms with Crippen LogP contribution in [0.1, 0.15) is 31.2 Å². The van der Waals surface area contributed by atoms with E-state index in [2.05, 4.69) is 0 Å². The second kappa shape index (κ2) is 5.50. The van der Waals surface area contributed by atoms with E-state index in [4.69, 9.17) is 16.2 Å². The summed E-state index contributed by atoms with van der Waals surface area (Å²) in [5.74, 6) is -0.376. The van der Waals surface area contributed by atoms with Crippen molar-refractivity contribution in [3.8, 4) is 0 Å². The van der Waals surface area contributed by atoms with Crippen molar-refractivity contribution < 1.29 is 9.53 Å². The van der Waals surface area contributed by atoms with Gasteiger partial charge in [-0.1, -0.05) is 43.2 Å². The van der Waals surface area contributed by atoms with E-state index in [1.165, 1.54) is 0 Å². The van der Waals surface area contributed by atoms with Gasteiger partial charge in [-0.15, -0.1) is 0 Å². The molecule has 1 aromatic carbocycles. The van der Waals surface area contributed by atoms with Gasteiger partial charge in [-0.05, 0) is 18.4 Å². The summed E-state index contributed by atoms with van der Waals surface area (Å²) >= 11 is 0. The minimum atomic E-state index is -1.01. The summed E-state index contributed by atoms with van der Waals surface area (Å²) in [5.41, 5.74) is 12.0. The SMILES string of the molecule is NC1CCCCC1(N)C(=O)OCc1ccccc1. The highest BCUT2D eigenvalue weighted by atomic mass is 16.5. The Morgan fingerprint density at radius 2 is 2.06 bits per heavy atom. The molecule has 0 bridgehead atoms. The quantitative estimate of drug-likeness (QED) is 0.791. The van der Waals surface area contributed by atoms with Crippen LogP contribution in [-0.4, -0.2) is 17.6 Å². The molecule has 1 saturated carbocycles. The van der Waals surface area contributed by atoms with Crippen LogP contribution in [0.5, 0.6) is 0 Å². The fourth-order valence-corrected chi connectivity index (χ4v) is 2.34. The predicted molar refractivity (Wildman–Crippen MR) is 69.6 cm³/mol. The van der Waals surface area contributed by atoms with Gasteiger partial charge in [0.25, 0.3) is 0 Å². The van der Waals surface area contributed by atoms with Crippen LogP contribution in [-0.2, 0) is 16.1 Å². The zero-order valence-electron chi connectivity index (χ0n) is 10.5. The Hall–Kier alpha value is -1.39. The molecule has 2 atom stereocenters. The minimum absolute atomic E-state index is 0.255. The van der Waals surface area contributed by atoms with Gasteiger partial charge in [0, 0.05) is 6.04 Å². The summed E-state index contributed by atoms with van der Waals surface area (Å²) in [4.78, 5) is 12.1. The molecule has 2 rings (SSSR count). The second-order valence-corrected chi connectivity index (χ2v) is 4.95. The van der Waals surface area contributed by atoms with Crippen molar-refractivity contribution in [1.82, 2.24) is 0 Å². The lowest BCUT2D eigenvalue weighted by Gasteiger charge is -2.36. The van der Waals surface area contributed by atoms with E-state index in [1.54, 1.807) is 0 Å². The zero-order chi connectivity index (χ0) is 13.0. The lowest BCUT2D eigenvalue weighted by molar-refractivity contribution is -0.153. The normalized spacial score (nSPS) is 27.8. The Balaban J connectivity index is 1.95. The molecular weight excluding hydrogens is 228 g/mol. The Morgan fingerprint density at radius 1 is 1.33 bits per heavy atom. The Kier molecular flexibility index (Phi) is 3.99. The first-order valence-electron chi connectivity index (χ1n) is 6.38. The van der Waals surface area contributed by atoms with Crippen molar-refractivity contribution >= 4 is 5.97 Å². The molecular formula is C14H20N2O2. The van der Waals surface area contributed by atoms with Gasteiger partial charge in [0.05, 0.1) is 0 Å². The first-order chi connectivity index (χ1) is 8.63. The third-order valence-corrected chi connectivity index (χ3v) is 3.61. The highest BCUT2D eigenvalue weighted by Crippen LogP contribution is 2.26. The van der Waals surface area contributed by atoms with Crippen LogP contribution in [0.3, 0.4) is 0 Å². The largest absolute Gasteiger partial charge is 0.459 e. The topological polar surface area (TPSA) is 78.3 Å². The number of rotatable bonds is 3. The third kappa shape index (κ3) is 2.71. The van der Waals surface area contributed by atoms with Crippen molar-refractivity contribution in [2.24, 2.45) is 11.5 Å². The maximum Gasteiger partial charge on any atom is 0.328 e. The van der Waals surface area contributed by atoms with Gasteiger partial charge in [0.1, 0.15) is 12.1 Å². The molecule has 98 valence electrons. The van der Waals surface area contributed by atoms with E-state index in [0.29, 0.717) is 6.42 Å². The Labute approximate surface area is 107 Å².